The van der Waals surface area contributed by atoms with Crippen LogP contribution in [0.3, 0.4) is 0 Å². The Kier molecular flexibility index (Phi) is 4.74. The fourth-order valence-electron chi connectivity index (χ4n) is 2.18. The van der Waals surface area contributed by atoms with Gasteiger partial charge in [0.2, 0.25) is 0 Å². The third-order valence-corrected chi connectivity index (χ3v) is 4.18. The molecule has 19 heavy (non-hydrogen) atoms. The summed E-state index contributed by atoms with van der Waals surface area (Å²) in [5.41, 5.74) is 1.85. The maximum absolute atomic E-state index is 14.1. The van der Waals surface area contributed by atoms with E-state index in [4.69, 9.17) is 0 Å². The van der Waals surface area contributed by atoms with Crippen molar-refractivity contribution in [2.24, 2.45) is 0 Å². The molecule has 0 aromatic heterocycles. The molecule has 0 saturated carbocycles. The number of anilines is 1. The van der Waals surface area contributed by atoms with Gasteiger partial charge in [0.1, 0.15) is 5.82 Å². The van der Waals surface area contributed by atoms with Crippen LogP contribution in [-0.2, 0) is 6.54 Å². The molecule has 0 amide bonds. The average Bonchev–Trinajstić information content (AvgIpc) is 2.37. The van der Waals surface area contributed by atoms with Gasteiger partial charge in [-0.3, -0.25) is 0 Å². The van der Waals surface area contributed by atoms with Crippen LogP contribution in [0, 0.1) is 5.82 Å². The van der Waals surface area contributed by atoms with Gasteiger partial charge in [-0.05, 0) is 32.9 Å². The van der Waals surface area contributed by atoms with Gasteiger partial charge in [0.05, 0.1) is 0 Å². The number of rotatable bonds is 3. The number of nitrogens with one attached hydrogen (secondary N) is 1. The van der Waals surface area contributed by atoms with Gasteiger partial charge >= 0.3 is 0 Å². The highest BCUT2D eigenvalue weighted by Crippen LogP contribution is 2.26. The first-order valence-corrected chi connectivity index (χ1v) is 7.98. The Morgan fingerprint density at radius 1 is 1.26 bits per heavy atom. The lowest BCUT2D eigenvalue weighted by Gasteiger charge is -2.31. The van der Waals surface area contributed by atoms with Crippen LogP contribution in [0.4, 0.5) is 10.1 Å². The van der Waals surface area contributed by atoms with E-state index in [0.29, 0.717) is 6.54 Å². The molecule has 0 spiro atoms. The van der Waals surface area contributed by atoms with Gasteiger partial charge in [0.25, 0.3) is 0 Å². The van der Waals surface area contributed by atoms with Crippen LogP contribution < -0.4 is 10.2 Å². The first kappa shape index (κ1) is 14.7. The second kappa shape index (κ2) is 6.14. The summed E-state index contributed by atoms with van der Waals surface area (Å²) in [6.45, 7) is 8.91. The molecular formula is C15H23FN2S. The van der Waals surface area contributed by atoms with Crippen molar-refractivity contribution in [1.29, 1.82) is 0 Å². The summed E-state index contributed by atoms with van der Waals surface area (Å²) in [5, 5.41) is 3.39. The Morgan fingerprint density at radius 3 is 2.58 bits per heavy atom. The topological polar surface area (TPSA) is 15.3 Å². The van der Waals surface area contributed by atoms with E-state index in [1.54, 1.807) is 6.07 Å². The standard InChI is InChI=1S/C15H23FN2S/c1-15(2,3)17-11-12-13(16)5-4-6-14(12)18-7-9-19-10-8-18/h4-6,17H,7-11H2,1-3H3. The maximum Gasteiger partial charge on any atom is 0.129 e. The fourth-order valence-corrected chi connectivity index (χ4v) is 3.08. The zero-order valence-electron chi connectivity index (χ0n) is 12.0. The van der Waals surface area contributed by atoms with Crippen LogP contribution >= 0.6 is 11.8 Å². The molecule has 4 heteroatoms. The molecule has 106 valence electrons. The maximum atomic E-state index is 14.1. The van der Waals surface area contributed by atoms with E-state index in [2.05, 4.69) is 31.0 Å². The van der Waals surface area contributed by atoms with E-state index in [1.807, 2.05) is 23.9 Å². The van der Waals surface area contributed by atoms with E-state index < -0.39 is 0 Å². The second-order valence-electron chi connectivity index (χ2n) is 5.94. The van der Waals surface area contributed by atoms with Gasteiger partial charge in [-0.2, -0.15) is 11.8 Å². The molecule has 0 aliphatic carbocycles. The molecule has 1 aromatic carbocycles. The van der Waals surface area contributed by atoms with Crippen molar-refractivity contribution in [2.75, 3.05) is 29.5 Å². The number of thioether (sulfide) groups is 1. The van der Waals surface area contributed by atoms with Gasteiger partial charge in [0.15, 0.2) is 0 Å². The van der Waals surface area contributed by atoms with Gasteiger partial charge in [-0.25, -0.2) is 4.39 Å². The van der Waals surface area contributed by atoms with Crippen molar-refractivity contribution < 1.29 is 4.39 Å². The lowest BCUT2D eigenvalue weighted by molar-refractivity contribution is 0.418. The summed E-state index contributed by atoms with van der Waals surface area (Å²) in [6.07, 6.45) is 0. The molecule has 0 radical (unpaired) electrons. The molecule has 0 bridgehead atoms. The molecule has 0 atom stereocenters. The average molecular weight is 282 g/mol. The predicted molar refractivity (Wildman–Crippen MR) is 82.5 cm³/mol. The van der Waals surface area contributed by atoms with Crippen molar-refractivity contribution in [2.45, 2.75) is 32.9 Å². The van der Waals surface area contributed by atoms with Gasteiger partial charge < -0.3 is 10.2 Å². The van der Waals surface area contributed by atoms with Crippen LogP contribution in [0.15, 0.2) is 18.2 Å². The number of hydrogen-bond donors (Lipinski definition) is 1. The van der Waals surface area contributed by atoms with Crippen molar-refractivity contribution in [1.82, 2.24) is 5.32 Å². The van der Waals surface area contributed by atoms with Crippen LogP contribution in [-0.4, -0.2) is 30.1 Å². The summed E-state index contributed by atoms with van der Waals surface area (Å²) in [5.74, 6) is 2.15. The van der Waals surface area contributed by atoms with E-state index in [-0.39, 0.29) is 11.4 Å². The normalized spacial score (nSPS) is 16.7. The Labute approximate surface area is 119 Å². The Bertz CT molecular complexity index is 423. The number of nitrogens with zero attached hydrogens (tertiary/aromatic N) is 1. The van der Waals surface area contributed by atoms with Crippen LogP contribution in [0.25, 0.3) is 0 Å². The zero-order chi connectivity index (χ0) is 13.9. The summed E-state index contributed by atoms with van der Waals surface area (Å²) in [4.78, 5) is 2.30. The number of hydrogen-bond acceptors (Lipinski definition) is 3. The minimum Gasteiger partial charge on any atom is -0.370 e. The number of halogens is 1. The summed E-state index contributed by atoms with van der Waals surface area (Å²) >= 11 is 1.97. The van der Waals surface area contributed by atoms with Crippen LogP contribution in [0.2, 0.25) is 0 Å². The minimum atomic E-state index is -0.104. The first-order valence-electron chi connectivity index (χ1n) is 6.82. The van der Waals surface area contributed by atoms with Crippen molar-refractivity contribution in [3.63, 3.8) is 0 Å². The van der Waals surface area contributed by atoms with Crippen molar-refractivity contribution in [3.8, 4) is 0 Å². The number of benzene rings is 1. The predicted octanol–water partition coefficient (Wildman–Crippen LogP) is 3.27. The smallest absolute Gasteiger partial charge is 0.129 e. The molecule has 1 aliphatic heterocycles. The highest BCUT2D eigenvalue weighted by molar-refractivity contribution is 7.99. The molecular weight excluding hydrogens is 259 g/mol. The van der Waals surface area contributed by atoms with Gasteiger partial charge in [-0.1, -0.05) is 6.07 Å². The highest BCUT2D eigenvalue weighted by Gasteiger charge is 2.18. The zero-order valence-corrected chi connectivity index (χ0v) is 12.8. The van der Waals surface area contributed by atoms with E-state index >= 15 is 0 Å². The van der Waals surface area contributed by atoms with Crippen LogP contribution in [0.1, 0.15) is 26.3 Å². The lowest BCUT2D eigenvalue weighted by atomic mass is 10.1. The summed E-state index contributed by atoms with van der Waals surface area (Å²) in [6, 6.07) is 5.41. The largest absolute Gasteiger partial charge is 0.370 e. The molecule has 1 heterocycles. The molecule has 1 N–H and O–H groups in total. The highest BCUT2D eigenvalue weighted by atomic mass is 32.2. The Hall–Kier alpha value is -0.740. The lowest BCUT2D eigenvalue weighted by Crippen LogP contribution is -2.37. The first-order chi connectivity index (χ1) is 8.97. The fraction of sp³-hybridized carbons (Fsp3) is 0.600. The molecule has 1 aromatic rings. The van der Waals surface area contributed by atoms with E-state index in [9.17, 15) is 4.39 Å². The SMILES string of the molecule is CC(C)(C)NCc1c(F)cccc1N1CCSCC1. The van der Waals surface area contributed by atoms with Crippen molar-refractivity contribution >= 4 is 17.4 Å². The molecule has 1 saturated heterocycles. The van der Waals surface area contributed by atoms with Crippen molar-refractivity contribution in [3.05, 3.63) is 29.6 Å². The summed E-state index contributed by atoms with van der Waals surface area (Å²) in [7, 11) is 0. The van der Waals surface area contributed by atoms with Gasteiger partial charge in [-0.15, -0.1) is 0 Å². The monoisotopic (exact) mass is 282 g/mol. The minimum absolute atomic E-state index is 0.00268. The molecule has 0 unspecified atom stereocenters. The summed E-state index contributed by atoms with van der Waals surface area (Å²) < 4.78 is 14.1. The Morgan fingerprint density at radius 2 is 1.95 bits per heavy atom. The Balaban J connectivity index is 2.20. The molecule has 1 fully saturated rings. The quantitative estimate of drug-likeness (QED) is 0.916. The molecule has 2 nitrogen and oxygen atoms in total. The second-order valence-corrected chi connectivity index (χ2v) is 7.17. The third-order valence-electron chi connectivity index (χ3n) is 3.24. The van der Waals surface area contributed by atoms with Gasteiger partial charge in [0, 0.05) is 47.9 Å². The third kappa shape index (κ3) is 4.11. The van der Waals surface area contributed by atoms with E-state index in [1.165, 1.54) is 0 Å². The molecule has 2 rings (SSSR count). The van der Waals surface area contributed by atoms with E-state index in [0.717, 1.165) is 35.8 Å². The molecule has 1 aliphatic rings. The van der Waals surface area contributed by atoms with Crippen LogP contribution in [0.5, 0.6) is 0 Å².